The van der Waals surface area contributed by atoms with Crippen molar-refractivity contribution in [3.8, 4) is 11.3 Å². The van der Waals surface area contributed by atoms with Gasteiger partial charge in [-0.15, -0.1) is 0 Å². The third-order valence-electron chi connectivity index (χ3n) is 5.37. The molecule has 0 bridgehead atoms. The first kappa shape index (κ1) is 21.1. The minimum Gasteiger partial charge on any atom is -0.352 e. The summed E-state index contributed by atoms with van der Waals surface area (Å²) in [6.07, 6.45) is 2.41. The molecule has 1 aromatic heterocycles. The molecule has 1 aliphatic heterocycles. The molecule has 1 N–H and O–H groups in total. The van der Waals surface area contributed by atoms with Crippen molar-refractivity contribution in [1.29, 1.82) is 0 Å². The molecule has 0 aliphatic carbocycles. The number of fused-ring (bicyclic) bond motifs is 1. The zero-order valence-corrected chi connectivity index (χ0v) is 18.2. The smallest absolute Gasteiger partial charge is 0.251 e. The highest BCUT2D eigenvalue weighted by Crippen LogP contribution is 2.30. The Morgan fingerprint density at radius 2 is 1.97 bits per heavy atom. The van der Waals surface area contributed by atoms with Gasteiger partial charge in [-0.3, -0.25) is 14.5 Å². The van der Waals surface area contributed by atoms with Crippen molar-refractivity contribution >= 4 is 29.2 Å². The molecule has 2 heterocycles. The number of carbonyl (C=O) groups is 2. The third-order valence-corrected chi connectivity index (χ3v) is 5.60. The number of anilines is 1. The van der Waals surface area contributed by atoms with Gasteiger partial charge in [0.05, 0.1) is 18.8 Å². The van der Waals surface area contributed by atoms with Gasteiger partial charge in [-0.25, -0.2) is 4.68 Å². The maximum absolute atomic E-state index is 12.7. The van der Waals surface area contributed by atoms with Gasteiger partial charge >= 0.3 is 0 Å². The van der Waals surface area contributed by atoms with Crippen LogP contribution in [-0.4, -0.2) is 28.1 Å². The van der Waals surface area contributed by atoms with Crippen LogP contribution in [0.3, 0.4) is 0 Å². The second kappa shape index (κ2) is 9.35. The summed E-state index contributed by atoms with van der Waals surface area (Å²) in [6.45, 7) is 3.75. The largest absolute Gasteiger partial charge is 0.352 e. The number of benzene rings is 2. The lowest BCUT2D eigenvalue weighted by Gasteiger charge is -2.27. The maximum atomic E-state index is 12.7. The van der Waals surface area contributed by atoms with Gasteiger partial charge in [0.1, 0.15) is 5.82 Å². The molecule has 7 heteroatoms. The van der Waals surface area contributed by atoms with Gasteiger partial charge in [0.2, 0.25) is 5.91 Å². The highest BCUT2D eigenvalue weighted by Gasteiger charge is 2.26. The Kier molecular flexibility index (Phi) is 6.37. The van der Waals surface area contributed by atoms with Gasteiger partial charge in [-0.2, -0.15) is 5.10 Å². The molecule has 160 valence electrons. The Balaban J connectivity index is 1.52. The van der Waals surface area contributed by atoms with E-state index >= 15 is 0 Å². The van der Waals surface area contributed by atoms with Crippen molar-refractivity contribution < 1.29 is 9.59 Å². The lowest BCUT2D eigenvalue weighted by Crippen LogP contribution is -2.36. The van der Waals surface area contributed by atoms with Gasteiger partial charge < -0.3 is 5.32 Å². The Morgan fingerprint density at radius 1 is 1.16 bits per heavy atom. The number of halogens is 1. The Morgan fingerprint density at radius 3 is 2.71 bits per heavy atom. The summed E-state index contributed by atoms with van der Waals surface area (Å²) in [5.74, 6) is 0.761. The predicted molar refractivity (Wildman–Crippen MR) is 122 cm³/mol. The molecule has 0 atom stereocenters. The van der Waals surface area contributed by atoms with E-state index in [2.05, 4.69) is 17.3 Å². The fourth-order valence-electron chi connectivity index (χ4n) is 3.64. The Labute approximate surface area is 186 Å². The zero-order valence-electron chi connectivity index (χ0n) is 17.5. The minimum absolute atomic E-state index is 0.0615. The van der Waals surface area contributed by atoms with Gasteiger partial charge in [0, 0.05) is 35.2 Å². The number of aromatic nitrogens is 2. The molecule has 0 unspecified atom stereocenters. The van der Waals surface area contributed by atoms with E-state index in [-0.39, 0.29) is 11.8 Å². The monoisotopic (exact) mass is 436 g/mol. The van der Waals surface area contributed by atoms with Gasteiger partial charge in [0.15, 0.2) is 0 Å². The Bertz CT molecular complexity index is 1090. The van der Waals surface area contributed by atoms with Gasteiger partial charge in [-0.05, 0) is 36.2 Å². The number of carbonyl (C=O) groups excluding carboxylic acids is 2. The highest BCUT2D eigenvalue weighted by atomic mass is 35.5. The number of aryl methyl sites for hydroxylation is 1. The number of rotatable bonds is 7. The van der Waals surface area contributed by atoms with Crippen molar-refractivity contribution in [1.82, 2.24) is 15.1 Å². The molecule has 0 fully saturated rings. The normalized spacial score (nSPS) is 13.2. The summed E-state index contributed by atoms with van der Waals surface area (Å²) in [6, 6.07) is 16.9. The quantitative estimate of drug-likeness (QED) is 0.547. The van der Waals surface area contributed by atoms with Crippen molar-refractivity contribution in [2.75, 3.05) is 11.4 Å². The summed E-state index contributed by atoms with van der Waals surface area (Å²) < 4.78 is 1.87. The number of unbranched alkanes of at least 4 members (excludes halogenated alkanes) is 1. The molecule has 3 aromatic rings. The van der Waals surface area contributed by atoms with E-state index in [9.17, 15) is 9.59 Å². The van der Waals surface area contributed by atoms with E-state index in [1.54, 1.807) is 17.0 Å². The van der Waals surface area contributed by atoms with Crippen LogP contribution >= 0.6 is 11.6 Å². The zero-order chi connectivity index (χ0) is 21.8. The maximum Gasteiger partial charge on any atom is 0.251 e. The van der Waals surface area contributed by atoms with Crippen molar-refractivity contribution in [2.24, 2.45) is 0 Å². The van der Waals surface area contributed by atoms with Gasteiger partial charge in [-0.1, -0.05) is 49.2 Å². The molecule has 0 saturated carbocycles. The Hall–Kier alpha value is -3.12. The molecule has 31 heavy (non-hydrogen) atoms. The number of nitrogens with one attached hydrogen (secondary N) is 1. The van der Waals surface area contributed by atoms with E-state index in [1.807, 2.05) is 47.1 Å². The average molecular weight is 437 g/mol. The first-order chi connectivity index (χ1) is 15.0. The number of amides is 2. The fraction of sp³-hybridized carbons (Fsp3) is 0.292. The minimum atomic E-state index is -0.0710. The van der Waals surface area contributed by atoms with Crippen molar-refractivity contribution in [2.45, 2.75) is 39.3 Å². The van der Waals surface area contributed by atoms with E-state index in [0.717, 1.165) is 35.5 Å². The molecule has 0 spiro atoms. The third kappa shape index (κ3) is 4.80. The van der Waals surface area contributed by atoms with Crippen molar-refractivity contribution in [3.63, 3.8) is 0 Å². The number of nitrogens with zero attached hydrogens (tertiary/aromatic N) is 3. The second-order valence-corrected chi connectivity index (χ2v) is 8.09. The van der Waals surface area contributed by atoms with Crippen LogP contribution in [0.15, 0.2) is 54.6 Å². The molecule has 2 aromatic carbocycles. The summed E-state index contributed by atoms with van der Waals surface area (Å²) >= 11 is 6.12. The molecular weight excluding hydrogens is 412 g/mol. The van der Waals surface area contributed by atoms with Crippen molar-refractivity contribution in [3.05, 3.63) is 70.7 Å². The first-order valence-electron chi connectivity index (χ1n) is 10.6. The van der Waals surface area contributed by atoms with Crippen LogP contribution in [0.2, 0.25) is 5.02 Å². The fourth-order valence-corrected chi connectivity index (χ4v) is 3.83. The average Bonchev–Trinajstić information content (AvgIpc) is 3.21. The molecule has 0 radical (unpaired) electrons. The van der Waals surface area contributed by atoms with Crippen LogP contribution in [0.4, 0.5) is 5.82 Å². The van der Waals surface area contributed by atoms with Crippen LogP contribution in [0, 0.1) is 0 Å². The van der Waals surface area contributed by atoms with Gasteiger partial charge in [0.25, 0.3) is 5.91 Å². The SMILES string of the molecule is CCCCNC(=O)c1ccc(CN2C(=O)CCn3nc(-c4cccc(Cl)c4)cc32)cc1. The summed E-state index contributed by atoms with van der Waals surface area (Å²) in [7, 11) is 0. The molecule has 0 saturated heterocycles. The predicted octanol–water partition coefficient (Wildman–Crippen LogP) is 4.67. The molecule has 4 rings (SSSR count). The lowest BCUT2D eigenvalue weighted by atomic mass is 10.1. The van der Waals surface area contributed by atoms with E-state index < -0.39 is 0 Å². The molecule has 6 nitrogen and oxygen atoms in total. The first-order valence-corrected chi connectivity index (χ1v) is 10.9. The lowest BCUT2D eigenvalue weighted by molar-refractivity contribution is -0.119. The number of hydrogen-bond donors (Lipinski definition) is 1. The van der Waals surface area contributed by atoms with Crippen LogP contribution < -0.4 is 10.2 Å². The summed E-state index contributed by atoms with van der Waals surface area (Å²) in [4.78, 5) is 26.6. The van der Waals surface area contributed by atoms with Crippen LogP contribution in [0.1, 0.15) is 42.1 Å². The molecule has 2 amide bonds. The highest BCUT2D eigenvalue weighted by molar-refractivity contribution is 6.30. The summed E-state index contributed by atoms with van der Waals surface area (Å²) in [5, 5.41) is 8.24. The summed E-state index contributed by atoms with van der Waals surface area (Å²) in [5.41, 5.74) is 3.28. The van der Waals surface area contributed by atoms with Crippen LogP contribution in [0.5, 0.6) is 0 Å². The van der Waals surface area contributed by atoms with E-state index in [4.69, 9.17) is 11.6 Å². The van der Waals surface area contributed by atoms with Crippen LogP contribution in [0.25, 0.3) is 11.3 Å². The van der Waals surface area contributed by atoms with Crippen LogP contribution in [-0.2, 0) is 17.9 Å². The number of hydrogen-bond acceptors (Lipinski definition) is 3. The molecule has 1 aliphatic rings. The van der Waals surface area contributed by atoms with E-state index in [1.165, 1.54) is 0 Å². The second-order valence-electron chi connectivity index (χ2n) is 7.66. The van der Waals surface area contributed by atoms with E-state index in [0.29, 0.717) is 36.6 Å². The molecular formula is C24H25ClN4O2. The standard InChI is InChI=1S/C24H25ClN4O2/c1-2-3-12-26-24(31)18-9-7-17(8-10-18)16-28-22-15-21(19-5-4-6-20(25)14-19)27-29(22)13-11-23(28)30/h4-10,14-15H,2-3,11-13,16H2,1H3,(H,26,31). The topological polar surface area (TPSA) is 67.2 Å².